The molecule has 0 saturated carbocycles. The average molecular weight is 738 g/mol. The van der Waals surface area contributed by atoms with Crippen molar-refractivity contribution in [3.8, 4) is 22.3 Å². The summed E-state index contributed by atoms with van der Waals surface area (Å²) in [5, 5.41) is -0.311. The van der Waals surface area contributed by atoms with Crippen LogP contribution in [0.3, 0.4) is 0 Å². The fourth-order valence-electron chi connectivity index (χ4n) is 5.35. The van der Waals surface area contributed by atoms with Crippen LogP contribution in [0.2, 0.25) is 20.4 Å². The molecule has 2 aromatic heterocycles. The molecule has 4 heterocycles. The monoisotopic (exact) mass is 736 g/mol. The highest BCUT2D eigenvalue weighted by atomic mass is 35.5. The van der Waals surface area contributed by atoms with E-state index in [9.17, 15) is 26.8 Å². The Kier molecular flexibility index (Phi) is 9.91. The van der Waals surface area contributed by atoms with Gasteiger partial charge in [0.05, 0.1) is 37.8 Å². The van der Waals surface area contributed by atoms with Crippen molar-refractivity contribution in [3.63, 3.8) is 0 Å². The Morgan fingerprint density at radius 1 is 0.717 bits per heavy atom. The molecule has 10 nitrogen and oxygen atoms in total. The molecule has 0 radical (unpaired) electrons. The molecule has 0 atom stereocenters. The lowest BCUT2D eigenvalue weighted by Gasteiger charge is -2.17. The van der Waals surface area contributed by atoms with Crippen molar-refractivity contribution in [1.29, 1.82) is 0 Å². The number of halogens is 6. The quantitative estimate of drug-likeness (QED) is 0.217. The second-order valence-corrected chi connectivity index (χ2v) is 15.0. The number of aromatic nitrogens is 4. The van der Waals surface area contributed by atoms with Gasteiger partial charge < -0.3 is 5.73 Å². The van der Waals surface area contributed by atoms with Gasteiger partial charge in [0.1, 0.15) is 21.9 Å². The van der Waals surface area contributed by atoms with Crippen LogP contribution in [-0.2, 0) is 36.2 Å². The molecule has 2 aromatic carbocycles. The predicted molar refractivity (Wildman–Crippen MR) is 179 cm³/mol. The van der Waals surface area contributed by atoms with E-state index >= 15 is 0 Å². The molecule has 3 N–H and O–H groups in total. The first-order valence-electron chi connectivity index (χ1n) is 14.4. The van der Waals surface area contributed by atoms with E-state index in [2.05, 4.69) is 4.72 Å². The van der Waals surface area contributed by atoms with Crippen molar-refractivity contribution in [2.45, 2.75) is 71.0 Å². The SMILES string of the molecule is CC(C)S(=O)(=O)Nc1cc(-c2c(Cl)n3n(c2=O)CCCC3)c(F)cc1Cl.Nc1cc(-c2c(Cl)n3n(c2=O)CCCC3)c(F)cc1Cl. The van der Waals surface area contributed by atoms with E-state index < -0.39 is 32.5 Å². The highest BCUT2D eigenvalue weighted by Crippen LogP contribution is 2.36. The van der Waals surface area contributed by atoms with Crippen LogP contribution in [0, 0.1) is 11.6 Å². The topological polar surface area (TPSA) is 126 Å². The van der Waals surface area contributed by atoms with Gasteiger partial charge in [-0.3, -0.25) is 23.7 Å². The molecule has 2 aliphatic heterocycles. The number of sulfonamides is 1. The largest absolute Gasteiger partial charge is 0.398 e. The zero-order valence-electron chi connectivity index (χ0n) is 24.7. The second-order valence-electron chi connectivity index (χ2n) is 11.2. The van der Waals surface area contributed by atoms with Crippen molar-refractivity contribution in [1.82, 2.24) is 18.7 Å². The van der Waals surface area contributed by atoms with Gasteiger partial charge in [-0.25, -0.2) is 26.6 Å². The third-order valence-electron chi connectivity index (χ3n) is 7.88. The van der Waals surface area contributed by atoms with Gasteiger partial charge in [-0.2, -0.15) is 0 Å². The Morgan fingerprint density at radius 2 is 1.13 bits per heavy atom. The lowest BCUT2D eigenvalue weighted by molar-refractivity contribution is 0.356. The Hall–Kier alpha value is -2.97. The van der Waals surface area contributed by atoms with Crippen molar-refractivity contribution in [2.75, 3.05) is 10.5 Å². The Morgan fingerprint density at radius 3 is 1.57 bits per heavy atom. The second kappa shape index (κ2) is 13.3. The lowest BCUT2D eigenvalue weighted by atomic mass is 10.1. The summed E-state index contributed by atoms with van der Waals surface area (Å²) in [6.45, 7) is 5.32. The van der Waals surface area contributed by atoms with E-state index in [1.807, 2.05) is 0 Å². The van der Waals surface area contributed by atoms with E-state index in [0.29, 0.717) is 26.2 Å². The van der Waals surface area contributed by atoms with Crippen molar-refractivity contribution >= 4 is 67.8 Å². The Labute approximate surface area is 283 Å². The number of nitrogens with two attached hydrogens (primary N) is 1. The number of rotatable bonds is 5. The van der Waals surface area contributed by atoms with E-state index in [4.69, 9.17) is 52.1 Å². The number of anilines is 2. The van der Waals surface area contributed by atoms with E-state index in [0.717, 1.165) is 37.8 Å². The van der Waals surface area contributed by atoms with E-state index in [1.54, 1.807) is 14.0 Å². The summed E-state index contributed by atoms with van der Waals surface area (Å²) in [5.74, 6) is -1.35. The van der Waals surface area contributed by atoms with Crippen molar-refractivity contribution in [2.24, 2.45) is 0 Å². The smallest absolute Gasteiger partial charge is 0.276 e. The van der Waals surface area contributed by atoms with Crippen LogP contribution in [0.15, 0.2) is 33.9 Å². The van der Waals surface area contributed by atoms with Gasteiger partial charge in [-0.05, 0) is 63.8 Å². The third kappa shape index (κ3) is 6.32. The number of hydrogen-bond donors (Lipinski definition) is 2. The molecule has 6 rings (SSSR count). The molecule has 2 aliphatic rings. The molecule has 0 unspecified atom stereocenters. The maximum absolute atomic E-state index is 14.6. The molecule has 46 heavy (non-hydrogen) atoms. The molecule has 0 aliphatic carbocycles. The first kappa shape index (κ1) is 34.4. The molecular formula is C29H30Cl4F2N6O4S. The molecule has 0 fully saturated rings. The number of nitrogens with one attached hydrogen (secondary N) is 1. The van der Waals surface area contributed by atoms with Crippen LogP contribution < -0.4 is 21.6 Å². The summed E-state index contributed by atoms with van der Waals surface area (Å²) < 4.78 is 61.5. The van der Waals surface area contributed by atoms with Gasteiger partial charge in [0, 0.05) is 37.3 Å². The van der Waals surface area contributed by atoms with Gasteiger partial charge in [0.2, 0.25) is 10.0 Å². The van der Waals surface area contributed by atoms with Gasteiger partial charge in [0.25, 0.3) is 11.1 Å². The molecule has 0 bridgehead atoms. The number of nitrogen functional groups attached to an aromatic ring is 1. The van der Waals surface area contributed by atoms with Crippen LogP contribution in [0.5, 0.6) is 0 Å². The van der Waals surface area contributed by atoms with Gasteiger partial charge in [-0.15, -0.1) is 0 Å². The summed E-state index contributed by atoms with van der Waals surface area (Å²) in [7, 11) is -3.69. The summed E-state index contributed by atoms with van der Waals surface area (Å²) in [4.78, 5) is 25.1. The minimum Gasteiger partial charge on any atom is -0.398 e. The van der Waals surface area contributed by atoms with E-state index in [-0.39, 0.29) is 59.5 Å². The van der Waals surface area contributed by atoms with Crippen LogP contribution >= 0.6 is 46.4 Å². The highest BCUT2D eigenvalue weighted by Gasteiger charge is 2.27. The van der Waals surface area contributed by atoms with Crippen LogP contribution in [0.4, 0.5) is 20.2 Å². The lowest BCUT2D eigenvalue weighted by Crippen LogP contribution is -2.27. The Balaban J connectivity index is 0.000000187. The minimum atomic E-state index is -3.69. The summed E-state index contributed by atoms with van der Waals surface area (Å²) in [5.41, 5.74) is 5.37. The van der Waals surface area contributed by atoms with Gasteiger partial charge in [-0.1, -0.05) is 46.4 Å². The third-order valence-corrected chi connectivity index (χ3v) is 11.0. The van der Waals surface area contributed by atoms with Crippen LogP contribution in [-0.4, -0.2) is 32.4 Å². The minimum absolute atomic E-state index is 0.00130. The number of nitrogens with zero attached hydrogens (tertiary/aromatic N) is 4. The first-order valence-corrected chi connectivity index (χ1v) is 17.4. The van der Waals surface area contributed by atoms with E-state index in [1.165, 1.54) is 30.7 Å². The maximum Gasteiger partial charge on any atom is 0.276 e. The zero-order chi connectivity index (χ0) is 33.7. The van der Waals surface area contributed by atoms with Crippen LogP contribution in [0.1, 0.15) is 39.5 Å². The zero-order valence-corrected chi connectivity index (χ0v) is 28.6. The fourth-order valence-corrected chi connectivity index (χ4v) is 7.18. The number of benzene rings is 2. The summed E-state index contributed by atoms with van der Waals surface area (Å²) in [6.07, 6.45) is 3.56. The molecule has 4 aromatic rings. The number of hydrogen-bond acceptors (Lipinski definition) is 5. The molecular weight excluding hydrogens is 708 g/mol. The first-order chi connectivity index (χ1) is 21.6. The summed E-state index contributed by atoms with van der Waals surface area (Å²) in [6, 6.07) is 4.65. The number of fused-ring (bicyclic) bond motifs is 2. The molecule has 0 amide bonds. The molecule has 0 spiro atoms. The summed E-state index contributed by atoms with van der Waals surface area (Å²) >= 11 is 24.3. The molecule has 0 saturated heterocycles. The predicted octanol–water partition coefficient (Wildman–Crippen LogP) is 6.85. The van der Waals surface area contributed by atoms with Gasteiger partial charge in [0.15, 0.2) is 0 Å². The maximum atomic E-state index is 14.6. The molecule has 17 heteroatoms. The highest BCUT2D eigenvalue weighted by molar-refractivity contribution is 7.93. The molecule has 248 valence electrons. The standard InChI is InChI=1S/C16H18Cl2FN3O3S.C13H12Cl2FN3O/c1-9(2)26(24,25)20-13-7-10(12(19)8-11(13)17)14-15(18)21-5-3-4-6-22(21)16(14)23;14-8-6-9(16)7(5-10(8)17)11-12(15)18-3-1-2-4-19(18)13(11)20/h7-9,20H,3-6H2,1-2H3;5-6H,1-4,17H2. The van der Waals surface area contributed by atoms with Crippen molar-refractivity contribution in [3.05, 3.63) is 77.0 Å². The Bertz CT molecular complexity index is 2070. The van der Waals surface area contributed by atoms with Crippen molar-refractivity contribution < 1.29 is 17.2 Å². The fraction of sp³-hybridized carbons (Fsp3) is 0.379. The normalized spacial score (nSPS) is 14.5. The van der Waals surface area contributed by atoms with Gasteiger partial charge >= 0.3 is 0 Å². The average Bonchev–Trinajstić information content (AvgIpc) is 3.41. The van der Waals surface area contributed by atoms with Crippen LogP contribution in [0.25, 0.3) is 22.3 Å².